The van der Waals surface area contributed by atoms with Crippen LogP contribution in [0.25, 0.3) is 21.6 Å². The first-order chi connectivity index (χ1) is 14.0. The highest BCUT2D eigenvalue weighted by Gasteiger charge is 2.19. The maximum atomic E-state index is 13.0. The van der Waals surface area contributed by atoms with E-state index < -0.39 is 22.1 Å². The number of nitrogens with zero attached hydrogens (tertiary/aromatic N) is 3. The van der Waals surface area contributed by atoms with Gasteiger partial charge in [-0.2, -0.15) is 4.68 Å². The van der Waals surface area contributed by atoms with Crippen molar-refractivity contribution in [3.05, 3.63) is 91.0 Å². The number of nitro groups is 1. The first-order valence-electron chi connectivity index (χ1n) is 8.26. The molecule has 29 heavy (non-hydrogen) atoms. The molecule has 8 nitrogen and oxygen atoms in total. The average Bonchev–Trinajstić information content (AvgIpc) is 3.24. The second kappa shape index (κ2) is 7.46. The maximum Gasteiger partial charge on any atom is 0.288 e. The molecule has 0 aliphatic heterocycles. The lowest BCUT2D eigenvalue weighted by atomic mass is 10.2. The van der Waals surface area contributed by atoms with E-state index in [9.17, 15) is 19.7 Å². The molecule has 144 valence electrons. The highest BCUT2D eigenvalue weighted by atomic mass is 35.5. The summed E-state index contributed by atoms with van der Waals surface area (Å²) in [5.74, 6) is -0.442. The number of hydrogen-bond acceptors (Lipinski definition) is 6. The first kappa shape index (κ1) is 18.8. The summed E-state index contributed by atoms with van der Waals surface area (Å²) in [7, 11) is 0. The van der Waals surface area contributed by atoms with Gasteiger partial charge < -0.3 is 0 Å². The number of hydrogen-bond donors (Lipinski definition) is 1. The molecular weight excluding hydrogens is 416 g/mol. The van der Waals surface area contributed by atoms with E-state index in [4.69, 9.17) is 11.6 Å². The molecule has 0 spiro atoms. The van der Waals surface area contributed by atoms with Crippen molar-refractivity contribution in [2.24, 2.45) is 0 Å². The molecular formula is C19H11ClN4O4S. The second-order valence-electron chi connectivity index (χ2n) is 5.93. The number of fused-ring (bicyclic) bond motifs is 1. The molecule has 0 saturated carbocycles. The predicted molar refractivity (Wildman–Crippen MR) is 111 cm³/mol. The van der Waals surface area contributed by atoms with Crippen LogP contribution in [0.2, 0.25) is 5.02 Å². The van der Waals surface area contributed by atoms with Crippen LogP contribution in [0, 0.1) is 10.1 Å². The summed E-state index contributed by atoms with van der Waals surface area (Å²) >= 11 is 7.16. The summed E-state index contributed by atoms with van der Waals surface area (Å²) in [6.07, 6.45) is 0. The molecule has 0 aliphatic carbocycles. The molecule has 2 aromatic heterocycles. The van der Waals surface area contributed by atoms with E-state index in [0.29, 0.717) is 15.8 Å². The topological polar surface area (TPSA) is 107 Å². The van der Waals surface area contributed by atoms with Crippen LogP contribution in [-0.4, -0.2) is 20.5 Å². The Bertz CT molecular complexity index is 1320. The van der Waals surface area contributed by atoms with Crippen molar-refractivity contribution in [2.45, 2.75) is 0 Å². The van der Waals surface area contributed by atoms with E-state index in [-0.39, 0.29) is 16.4 Å². The minimum Gasteiger partial charge on any atom is -0.267 e. The molecule has 0 bridgehead atoms. The van der Waals surface area contributed by atoms with Crippen LogP contribution in [0.3, 0.4) is 0 Å². The predicted octanol–water partition coefficient (Wildman–Crippen LogP) is 4.07. The van der Waals surface area contributed by atoms with Gasteiger partial charge in [0.2, 0.25) is 0 Å². The third-order valence-electron chi connectivity index (χ3n) is 4.14. The lowest BCUT2D eigenvalue weighted by molar-refractivity contribution is -0.384. The van der Waals surface area contributed by atoms with Gasteiger partial charge in [0.1, 0.15) is 5.02 Å². The Morgan fingerprint density at radius 2 is 1.97 bits per heavy atom. The Labute approximate surface area is 172 Å². The Balaban J connectivity index is 1.84. The maximum absolute atomic E-state index is 13.0. The highest BCUT2D eigenvalue weighted by molar-refractivity contribution is 7.13. The van der Waals surface area contributed by atoms with E-state index in [1.54, 1.807) is 36.4 Å². The molecule has 1 N–H and O–H groups in total. The van der Waals surface area contributed by atoms with Crippen molar-refractivity contribution in [2.75, 3.05) is 5.43 Å². The number of rotatable bonds is 4. The van der Waals surface area contributed by atoms with Crippen LogP contribution < -0.4 is 11.0 Å². The first-order valence-corrected chi connectivity index (χ1v) is 9.52. The van der Waals surface area contributed by atoms with Crippen molar-refractivity contribution in [3.8, 4) is 10.7 Å². The van der Waals surface area contributed by atoms with Gasteiger partial charge in [-0.3, -0.25) is 25.1 Å². The Hall–Kier alpha value is -3.56. The largest absolute Gasteiger partial charge is 0.288 e. The lowest BCUT2D eigenvalue weighted by Gasteiger charge is -2.13. The van der Waals surface area contributed by atoms with E-state index in [2.05, 4.69) is 10.4 Å². The van der Waals surface area contributed by atoms with Crippen LogP contribution in [0.1, 0.15) is 10.4 Å². The summed E-state index contributed by atoms with van der Waals surface area (Å²) in [5.41, 5.74) is 2.12. The van der Waals surface area contributed by atoms with Crippen molar-refractivity contribution < 1.29 is 9.72 Å². The fourth-order valence-corrected chi connectivity index (χ4v) is 3.66. The number of thiophene rings is 1. The van der Waals surface area contributed by atoms with Crippen LogP contribution in [0.5, 0.6) is 0 Å². The van der Waals surface area contributed by atoms with Gasteiger partial charge in [0, 0.05) is 11.6 Å². The number of nitrogens with one attached hydrogen (secondary N) is 1. The fraction of sp³-hybridized carbons (Fsp3) is 0. The SMILES string of the molecule is O=C(Nn1c(-c2cccs2)nc2ccccc2c1=O)c1ccc(Cl)c([N+](=O)[O-])c1. The fourth-order valence-electron chi connectivity index (χ4n) is 2.77. The molecule has 0 fully saturated rings. The standard InChI is InChI=1S/C19H11ClN4O4S/c20-13-8-7-11(10-15(13)24(27)28)18(25)22-23-17(16-6-3-9-29-16)21-14-5-2-1-4-12(14)19(23)26/h1-10H,(H,22,25). The summed E-state index contributed by atoms with van der Waals surface area (Å²) in [4.78, 5) is 41.4. The number of amides is 1. The second-order valence-corrected chi connectivity index (χ2v) is 7.29. The molecule has 0 unspecified atom stereocenters. The van der Waals surface area contributed by atoms with E-state index in [0.717, 1.165) is 10.7 Å². The quantitative estimate of drug-likeness (QED) is 0.391. The minimum atomic E-state index is -0.707. The Morgan fingerprint density at radius 3 is 2.69 bits per heavy atom. The van der Waals surface area contributed by atoms with Crippen molar-refractivity contribution in [1.82, 2.24) is 9.66 Å². The van der Waals surface area contributed by atoms with Crippen LogP contribution in [0.15, 0.2) is 64.8 Å². The van der Waals surface area contributed by atoms with Crippen LogP contribution >= 0.6 is 22.9 Å². The van der Waals surface area contributed by atoms with Gasteiger partial charge in [-0.15, -0.1) is 11.3 Å². The zero-order valence-electron chi connectivity index (χ0n) is 14.5. The van der Waals surface area contributed by atoms with Crippen molar-refractivity contribution in [1.29, 1.82) is 0 Å². The monoisotopic (exact) mass is 426 g/mol. The normalized spacial score (nSPS) is 10.8. The van der Waals surface area contributed by atoms with Gasteiger partial charge in [-0.25, -0.2) is 4.98 Å². The summed E-state index contributed by atoms with van der Waals surface area (Å²) in [6, 6.07) is 14.0. The molecule has 0 radical (unpaired) electrons. The Kier molecular flexibility index (Phi) is 4.83. The summed E-state index contributed by atoms with van der Waals surface area (Å²) in [5, 5.41) is 13.2. The van der Waals surface area contributed by atoms with Crippen molar-refractivity contribution in [3.63, 3.8) is 0 Å². The van der Waals surface area contributed by atoms with E-state index in [1.165, 1.54) is 23.5 Å². The van der Waals surface area contributed by atoms with Crippen LogP contribution in [-0.2, 0) is 0 Å². The number of halogens is 1. The van der Waals surface area contributed by atoms with Gasteiger partial charge in [-0.1, -0.05) is 29.8 Å². The van der Waals surface area contributed by atoms with Crippen LogP contribution in [0.4, 0.5) is 5.69 Å². The number of carbonyl (C=O) groups is 1. The van der Waals surface area contributed by atoms with Gasteiger partial charge in [0.15, 0.2) is 5.82 Å². The zero-order chi connectivity index (χ0) is 20.5. The molecule has 10 heteroatoms. The third-order valence-corrected chi connectivity index (χ3v) is 5.32. The third kappa shape index (κ3) is 3.48. The number of nitro benzene ring substituents is 1. The molecule has 2 heterocycles. The van der Waals surface area contributed by atoms with Gasteiger partial charge >= 0.3 is 0 Å². The number of aromatic nitrogens is 2. The molecule has 0 aliphatic rings. The molecule has 4 aromatic rings. The van der Waals surface area contributed by atoms with Gasteiger partial charge in [-0.05, 0) is 35.7 Å². The molecule has 2 aromatic carbocycles. The van der Waals surface area contributed by atoms with E-state index in [1.807, 2.05) is 5.38 Å². The number of carbonyl (C=O) groups excluding carboxylic acids is 1. The number of benzene rings is 2. The molecule has 0 saturated heterocycles. The lowest BCUT2D eigenvalue weighted by Crippen LogP contribution is -2.35. The summed E-state index contributed by atoms with van der Waals surface area (Å²) in [6.45, 7) is 0. The number of para-hydroxylation sites is 1. The zero-order valence-corrected chi connectivity index (χ0v) is 16.1. The smallest absolute Gasteiger partial charge is 0.267 e. The highest BCUT2D eigenvalue weighted by Crippen LogP contribution is 2.26. The van der Waals surface area contributed by atoms with Gasteiger partial charge in [0.05, 0.1) is 20.7 Å². The van der Waals surface area contributed by atoms with Gasteiger partial charge in [0.25, 0.3) is 17.2 Å². The summed E-state index contributed by atoms with van der Waals surface area (Å²) < 4.78 is 1.05. The average molecular weight is 427 g/mol. The Morgan fingerprint density at radius 1 is 1.17 bits per heavy atom. The van der Waals surface area contributed by atoms with Crippen molar-refractivity contribution >= 4 is 45.4 Å². The van der Waals surface area contributed by atoms with E-state index >= 15 is 0 Å². The molecule has 4 rings (SSSR count). The molecule has 1 amide bonds. The minimum absolute atomic E-state index is 0.0155. The molecule has 0 atom stereocenters.